The number of hydrogen-bond donors (Lipinski definition) is 4. The minimum atomic E-state index is -0.498. The van der Waals surface area contributed by atoms with E-state index < -0.39 is 12.3 Å². The Hall–Kier alpha value is -1.77. The van der Waals surface area contributed by atoms with Crippen molar-refractivity contribution < 1.29 is 14.9 Å². The average Bonchev–Trinajstić information content (AvgIpc) is 2.87. The Bertz CT molecular complexity index is 560. The highest BCUT2D eigenvalue weighted by Gasteiger charge is 2.28. The van der Waals surface area contributed by atoms with Gasteiger partial charge in [-0.05, 0) is 0 Å². The number of aromatic nitrogens is 4. The minimum absolute atomic E-state index is 0.113. The molecule has 0 saturated carbocycles. The van der Waals surface area contributed by atoms with Crippen molar-refractivity contribution in [1.82, 2.24) is 19.9 Å². The predicted octanol–water partition coefficient (Wildman–Crippen LogP) is -0.377. The number of nitrogens with zero attached hydrogens (tertiary/aromatic N) is 3. The van der Waals surface area contributed by atoms with Gasteiger partial charge in [-0.3, -0.25) is 0 Å². The first-order valence-corrected chi connectivity index (χ1v) is 6.11. The fraction of sp³-hybridized carbons (Fsp3) is 0.545. The standard InChI is InChI=1S/C11H15N5O3/c17-3-7-1-6(18)2-8(19-7)16-11-9-10(13-4-12-9)14-5-15-11/h4-8,17-18H,1-3H2,(H2,12,13,14,15,16). The first kappa shape index (κ1) is 12.3. The van der Waals surface area contributed by atoms with E-state index in [0.29, 0.717) is 29.8 Å². The SMILES string of the molecule is OCC1CC(O)CC(Nc2ncnc3nc[nH]c23)O1. The summed E-state index contributed by atoms with van der Waals surface area (Å²) in [6.07, 6.45) is 2.57. The third kappa shape index (κ3) is 2.50. The Labute approximate surface area is 108 Å². The maximum Gasteiger partial charge on any atom is 0.182 e. The Morgan fingerprint density at radius 3 is 3.11 bits per heavy atom. The van der Waals surface area contributed by atoms with Crippen molar-refractivity contribution >= 4 is 17.0 Å². The van der Waals surface area contributed by atoms with Crippen molar-refractivity contribution in [2.75, 3.05) is 11.9 Å². The van der Waals surface area contributed by atoms with Crippen LogP contribution >= 0.6 is 0 Å². The molecule has 1 aliphatic rings. The first-order chi connectivity index (χ1) is 9.26. The molecule has 2 aromatic heterocycles. The normalized spacial score (nSPS) is 27.6. The Balaban J connectivity index is 1.79. The third-order valence-corrected chi connectivity index (χ3v) is 3.10. The lowest BCUT2D eigenvalue weighted by Crippen LogP contribution is -2.41. The number of aliphatic hydroxyl groups excluding tert-OH is 2. The second kappa shape index (κ2) is 5.08. The van der Waals surface area contributed by atoms with E-state index in [2.05, 4.69) is 25.3 Å². The van der Waals surface area contributed by atoms with E-state index in [-0.39, 0.29) is 12.7 Å². The molecule has 19 heavy (non-hydrogen) atoms. The van der Waals surface area contributed by atoms with Gasteiger partial charge in [-0.25, -0.2) is 15.0 Å². The number of aromatic amines is 1. The van der Waals surface area contributed by atoms with Crippen LogP contribution in [-0.4, -0.2) is 55.2 Å². The van der Waals surface area contributed by atoms with E-state index in [9.17, 15) is 5.11 Å². The van der Waals surface area contributed by atoms with Gasteiger partial charge in [-0.2, -0.15) is 0 Å². The van der Waals surface area contributed by atoms with Crippen LogP contribution in [0.4, 0.5) is 5.82 Å². The van der Waals surface area contributed by atoms with Crippen LogP contribution in [0.5, 0.6) is 0 Å². The van der Waals surface area contributed by atoms with E-state index in [1.54, 1.807) is 0 Å². The van der Waals surface area contributed by atoms with Crippen molar-refractivity contribution in [3.63, 3.8) is 0 Å². The van der Waals surface area contributed by atoms with Gasteiger partial charge in [-0.1, -0.05) is 0 Å². The van der Waals surface area contributed by atoms with E-state index in [4.69, 9.17) is 9.84 Å². The molecule has 3 unspecified atom stereocenters. The highest BCUT2D eigenvalue weighted by atomic mass is 16.5. The number of H-pyrrole nitrogens is 1. The Kier molecular flexibility index (Phi) is 3.28. The second-order valence-electron chi connectivity index (χ2n) is 4.52. The van der Waals surface area contributed by atoms with Gasteiger partial charge >= 0.3 is 0 Å². The summed E-state index contributed by atoms with van der Waals surface area (Å²) >= 11 is 0. The highest BCUT2D eigenvalue weighted by molar-refractivity contribution is 5.81. The maximum atomic E-state index is 9.75. The summed E-state index contributed by atoms with van der Waals surface area (Å²) in [5, 5.41) is 22.0. The van der Waals surface area contributed by atoms with Crippen LogP contribution in [0.15, 0.2) is 12.7 Å². The van der Waals surface area contributed by atoms with Crippen molar-refractivity contribution in [3.05, 3.63) is 12.7 Å². The molecule has 0 spiro atoms. The number of nitrogens with one attached hydrogen (secondary N) is 2. The molecule has 3 atom stereocenters. The number of hydrogen-bond acceptors (Lipinski definition) is 7. The van der Waals surface area contributed by atoms with Gasteiger partial charge in [0.05, 0.1) is 25.1 Å². The van der Waals surface area contributed by atoms with Crippen LogP contribution in [0.1, 0.15) is 12.8 Å². The molecule has 102 valence electrons. The Morgan fingerprint density at radius 2 is 2.26 bits per heavy atom. The zero-order valence-electron chi connectivity index (χ0n) is 10.2. The van der Waals surface area contributed by atoms with Gasteiger partial charge < -0.3 is 25.3 Å². The van der Waals surface area contributed by atoms with Crippen LogP contribution in [0, 0.1) is 0 Å². The zero-order chi connectivity index (χ0) is 13.2. The molecule has 2 aromatic rings. The smallest absolute Gasteiger partial charge is 0.182 e. The molecular weight excluding hydrogens is 250 g/mol. The van der Waals surface area contributed by atoms with Crippen LogP contribution in [0.3, 0.4) is 0 Å². The van der Waals surface area contributed by atoms with Crippen LogP contribution in [0.2, 0.25) is 0 Å². The summed E-state index contributed by atoms with van der Waals surface area (Å²) in [6.45, 7) is -0.113. The number of anilines is 1. The molecule has 4 N–H and O–H groups in total. The van der Waals surface area contributed by atoms with Crippen molar-refractivity contribution in [2.24, 2.45) is 0 Å². The zero-order valence-corrected chi connectivity index (χ0v) is 10.2. The molecule has 8 heteroatoms. The summed E-state index contributed by atoms with van der Waals surface area (Å²) in [6, 6.07) is 0. The lowest BCUT2D eigenvalue weighted by atomic mass is 10.0. The van der Waals surface area contributed by atoms with Crippen LogP contribution < -0.4 is 5.32 Å². The largest absolute Gasteiger partial charge is 0.394 e. The first-order valence-electron chi connectivity index (χ1n) is 6.11. The molecule has 0 amide bonds. The second-order valence-corrected chi connectivity index (χ2v) is 4.52. The molecule has 0 radical (unpaired) electrons. The lowest BCUT2D eigenvalue weighted by molar-refractivity contribution is -0.101. The monoisotopic (exact) mass is 265 g/mol. The van der Waals surface area contributed by atoms with Crippen molar-refractivity contribution in [1.29, 1.82) is 0 Å². The van der Waals surface area contributed by atoms with Gasteiger partial charge in [0.15, 0.2) is 11.5 Å². The molecule has 0 aliphatic carbocycles. The minimum Gasteiger partial charge on any atom is -0.394 e. The summed E-state index contributed by atoms with van der Waals surface area (Å²) in [7, 11) is 0. The van der Waals surface area contributed by atoms with Crippen LogP contribution in [-0.2, 0) is 4.74 Å². The van der Waals surface area contributed by atoms with Crippen molar-refractivity contribution in [3.8, 4) is 0 Å². The maximum absolute atomic E-state index is 9.75. The van der Waals surface area contributed by atoms with Gasteiger partial charge in [-0.15, -0.1) is 0 Å². The number of imidazole rings is 1. The lowest BCUT2D eigenvalue weighted by Gasteiger charge is -2.32. The van der Waals surface area contributed by atoms with Crippen LogP contribution in [0.25, 0.3) is 11.2 Å². The quantitative estimate of drug-likeness (QED) is 0.598. The van der Waals surface area contributed by atoms with E-state index in [1.807, 2.05) is 0 Å². The van der Waals surface area contributed by atoms with E-state index in [0.717, 1.165) is 0 Å². The van der Waals surface area contributed by atoms with Crippen molar-refractivity contribution in [2.45, 2.75) is 31.3 Å². The molecule has 1 saturated heterocycles. The van der Waals surface area contributed by atoms with E-state index >= 15 is 0 Å². The summed E-state index contributed by atoms with van der Waals surface area (Å²) in [4.78, 5) is 15.1. The van der Waals surface area contributed by atoms with Gasteiger partial charge in [0.25, 0.3) is 0 Å². The van der Waals surface area contributed by atoms with E-state index in [1.165, 1.54) is 12.7 Å². The molecule has 8 nitrogen and oxygen atoms in total. The predicted molar refractivity (Wildman–Crippen MR) is 66.3 cm³/mol. The fourth-order valence-corrected chi connectivity index (χ4v) is 2.23. The molecular formula is C11H15N5O3. The Morgan fingerprint density at radius 1 is 1.37 bits per heavy atom. The fourth-order valence-electron chi connectivity index (χ4n) is 2.23. The number of aliphatic hydroxyl groups is 2. The highest BCUT2D eigenvalue weighted by Crippen LogP contribution is 2.22. The molecule has 0 bridgehead atoms. The number of rotatable bonds is 3. The molecule has 3 heterocycles. The molecule has 0 aromatic carbocycles. The average molecular weight is 265 g/mol. The number of fused-ring (bicyclic) bond motifs is 1. The molecule has 3 rings (SSSR count). The third-order valence-electron chi connectivity index (χ3n) is 3.10. The summed E-state index contributed by atoms with van der Waals surface area (Å²) < 4.78 is 5.62. The van der Waals surface area contributed by atoms with Gasteiger partial charge in [0.1, 0.15) is 18.1 Å². The summed E-state index contributed by atoms with van der Waals surface area (Å²) in [5.74, 6) is 0.568. The molecule has 1 aliphatic heterocycles. The topological polar surface area (TPSA) is 116 Å². The van der Waals surface area contributed by atoms with Gasteiger partial charge in [0, 0.05) is 12.8 Å². The molecule has 1 fully saturated rings. The van der Waals surface area contributed by atoms with Gasteiger partial charge in [0.2, 0.25) is 0 Å². The summed E-state index contributed by atoms with van der Waals surface area (Å²) in [5.41, 5.74) is 1.25. The number of ether oxygens (including phenoxy) is 1.